The van der Waals surface area contributed by atoms with Crippen molar-refractivity contribution in [2.24, 2.45) is 0 Å². The lowest BCUT2D eigenvalue weighted by Crippen LogP contribution is -2.06. The SMILES string of the molecule is CCCCCCC1C/C(=C/c2ccccc2)C(=O)O1. The van der Waals surface area contributed by atoms with Gasteiger partial charge in [0.05, 0.1) is 0 Å². The highest BCUT2D eigenvalue weighted by Gasteiger charge is 2.28. The number of hydrogen-bond donors (Lipinski definition) is 0. The summed E-state index contributed by atoms with van der Waals surface area (Å²) in [5.41, 5.74) is 1.88. The second-order valence-electron chi connectivity index (χ2n) is 5.16. The molecular formula is C17H22O2. The number of cyclic esters (lactones) is 1. The van der Waals surface area contributed by atoms with Crippen molar-refractivity contribution in [3.8, 4) is 0 Å². The average molecular weight is 258 g/mol. The summed E-state index contributed by atoms with van der Waals surface area (Å²) in [6.07, 6.45) is 8.72. The third kappa shape index (κ3) is 4.23. The summed E-state index contributed by atoms with van der Waals surface area (Å²) < 4.78 is 5.42. The molecule has 0 N–H and O–H groups in total. The third-order valence-corrected chi connectivity index (χ3v) is 3.50. The lowest BCUT2D eigenvalue weighted by Gasteiger charge is -2.07. The summed E-state index contributed by atoms with van der Waals surface area (Å²) in [5, 5.41) is 0. The number of unbranched alkanes of at least 4 members (excludes halogenated alkanes) is 3. The van der Waals surface area contributed by atoms with Crippen LogP contribution in [0, 0.1) is 0 Å². The van der Waals surface area contributed by atoms with Gasteiger partial charge >= 0.3 is 5.97 Å². The Kier molecular flexibility index (Phi) is 5.20. The zero-order valence-corrected chi connectivity index (χ0v) is 11.6. The molecule has 2 rings (SSSR count). The molecule has 1 unspecified atom stereocenters. The quantitative estimate of drug-likeness (QED) is 0.430. The summed E-state index contributed by atoms with van der Waals surface area (Å²) in [6.45, 7) is 2.20. The van der Waals surface area contributed by atoms with Crippen molar-refractivity contribution in [2.45, 2.75) is 51.6 Å². The number of carbonyl (C=O) groups excluding carboxylic acids is 1. The van der Waals surface area contributed by atoms with E-state index in [1.54, 1.807) is 0 Å². The molecule has 102 valence electrons. The van der Waals surface area contributed by atoms with Gasteiger partial charge in [0.1, 0.15) is 6.10 Å². The van der Waals surface area contributed by atoms with E-state index >= 15 is 0 Å². The molecule has 1 atom stereocenters. The van der Waals surface area contributed by atoms with E-state index in [0.29, 0.717) is 0 Å². The van der Waals surface area contributed by atoms with Crippen molar-refractivity contribution in [2.75, 3.05) is 0 Å². The Balaban J connectivity index is 1.87. The minimum absolute atomic E-state index is 0.0966. The molecule has 1 aliphatic heterocycles. The fourth-order valence-corrected chi connectivity index (χ4v) is 2.43. The molecule has 1 heterocycles. The van der Waals surface area contributed by atoms with E-state index < -0.39 is 0 Å². The average Bonchev–Trinajstić information content (AvgIpc) is 2.77. The molecule has 0 spiro atoms. The van der Waals surface area contributed by atoms with Crippen molar-refractivity contribution in [3.05, 3.63) is 41.5 Å². The number of ether oxygens (including phenoxy) is 1. The first kappa shape index (κ1) is 13.9. The standard InChI is InChI=1S/C17H22O2/c1-2-3-4-8-11-16-13-15(17(18)19-16)12-14-9-6-5-7-10-14/h5-7,9-10,12,16H,2-4,8,11,13H2,1H3/b15-12-. The Labute approximate surface area is 115 Å². The van der Waals surface area contributed by atoms with Crippen LogP contribution in [-0.2, 0) is 9.53 Å². The maximum absolute atomic E-state index is 11.8. The highest BCUT2D eigenvalue weighted by molar-refractivity contribution is 5.95. The van der Waals surface area contributed by atoms with Gasteiger partial charge in [-0.1, -0.05) is 56.5 Å². The molecular weight excluding hydrogens is 236 g/mol. The largest absolute Gasteiger partial charge is 0.459 e. The number of benzene rings is 1. The van der Waals surface area contributed by atoms with Crippen LogP contribution in [0.25, 0.3) is 6.08 Å². The van der Waals surface area contributed by atoms with E-state index in [9.17, 15) is 4.79 Å². The fourth-order valence-electron chi connectivity index (χ4n) is 2.43. The van der Waals surface area contributed by atoms with Crippen molar-refractivity contribution >= 4 is 12.0 Å². The zero-order chi connectivity index (χ0) is 13.5. The molecule has 1 aromatic rings. The molecule has 0 aliphatic carbocycles. The summed E-state index contributed by atoms with van der Waals surface area (Å²) >= 11 is 0. The van der Waals surface area contributed by atoms with Crippen LogP contribution in [0.2, 0.25) is 0 Å². The van der Waals surface area contributed by atoms with Crippen molar-refractivity contribution in [1.82, 2.24) is 0 Å². The maximum Gasteiger partial charge on any atom is 0.334 e. The molecule has 1 aliphatic rings. The van der Waals surface area contributed by atoms with Crippen LogP contribution >= 0.6 is 0 Å². The van der Waals surface area contributed by atoms with Gasteiger partial charge in [-0.25, -0.2) is 4.79 Å². The molecule has 2 nitrogen and oxygen atoms in total. The summed E-state index contributed by atoms with van der Waals surface area (Å²) in [7, 11) is 0. The first-order valence-electron chi connectivity index (χ1n) is 7.26. The number of rotatable bonds is 6. The highest BCUT2D eigenvalue weighted by Crippen LogP contribution is 2.26. The van der Waals surface area contributed by atoms with E-state index in [1.165, 1.54) is 19.3 Å². The smallest absolute Gasteiger partial charge is 0.334 e. The zero-order valence-electron chi connectivity index (χ0n) is 11.6. The van der Waals surface area contributed by atoms with Crippen LogP contribution in [-0.4, -0.2) is 12.1 Å². The van der Waals surface area contributed by atoms with Gasteiger partial charge in [-0.3, -0.25) is 0 Å². The molecule has 0 aromatic heterocycles. The Hall–Kier alpha value is -1.57. The van der Waals surface area contributed by atoms with Gasteiger partial charge in [-0.15, -0.1) is 0 Å². The normalized spacial score (nSPS) is 20.8. The third-order valence-electron chi connectivity index (χ3n) is 3.50. The summed E-state index contributed by atoms with van der Waals surface area (Å²) in [6, 6.07) is 9.96. The number of esters is 1. The van der Waals surface area contributed by atoms with Gasteiger partial charge in [-0.05, 0) is 24.5 Å². The first-order valence-corrected chi connectivity index (χ1v) is 7.26. The van der Waals surface area contributed by atoms with Crippen molar-refractivity contribution in [1.29, 1.82) is 0 Å². The first-order chi connectivity index (χ1) is 9.29. The predicted molar refractivity (Wildman–Crippen MR) is 77.7 cm³/mol. The van der Waals surface area contributed by atoms with Gasteiger partial charge in [0, 0.05) is 12.0 Å². The van der Waals surface area contributed by atoms with E-state index in [1.807, 2.05) is 36.4 Å². The molecule has 19 heavy (non-hydrogen) atoms. The van der Waals surface area contributed by atoms with E-state index in [0.717, 1.165) is 30.4 Å². The molecule has 0 amide bonds. The molecule has 1 saturated heterocycles. The highest BCUT2D eigenvalue weighted by atomic mass is 16.5. The van der Waals surface area contributed by atoms with E-state index in [-0.39, 0.29) is 12.1 Å². The fraction of sp³-hybridized carbons (Fsp3) is 0.471. The summed E-state index contributed by atoms with van der Waals surface area (Å²) in [5.74, 6) is -0.135. The van der Waals surface area contributed by atoms with Gasteiger partial charge in [-0.2, -0.15) is 0 Å². The van der Waals surface area contributed by atoms with Crippen molar-refractivity contribution in [3.63, 3.8) is 0 Å². The van der Waals surface area contributed by atoms with Gasteiger partial charge in [0.25, 0.3) is 0 Å². The van der Waals surface area contributed by atoms with E-state index in [4.69, 9.17) is 4.74 Å². The van der Waals surface area contributed by atoms with Crippen LogP contribution in [0.15, 0.2) is 35.9 Å². The van der Waals surface area contributed by atoms with Crippen molar-refractivity contribution < 1.29 is 9.53 Å². The molecule has 1 aromatic carbocycles. The predicted octanol–water partition coefficient (Wildman–Crippen LogP) is 4.36. The van der Waals surface area contributed by atoms with Crippen LogP contribution in [0.5, 0.6) is 0 Å². The van der Waals surface area contributed by atoms with Crippen LogP contribution in [0.4, 0.5) is 0 Å². The second kappa shape index (κ2) is 7.13. The van der Waals surface area contributed by atoms with Gasteiger partial charge in [0.15, 0.2) is 0 Å². The minimum atomic E-state index is -0.135. The van der Waals surface area contributed by atoms with Crippen LogP contribution < -0.4 is 0 Å². The topological polar surface area (TPSA) is 26.3 Å². The maximum atomic E-state index is 11.8. The second-order valence-corrected chi connectivity index (χ2v) is 5.16. The van der Waals surface area contributed by atoms with Crippen LogP contribution in [0.1, 0.15) is 51.0 Å². The molecule has 0 saturated carbocycles. The Bertz CT molecular complexity index is 434. The number of hydrogen-bond acceptors (Lipinski definition) is 2. The molecule has 2 heteroatoms. The number of carbonyl (C=O) groups is 1. The molecule has 0 bridgehead atoms. The Morgan fingerprint density at radius 1 is 1.21 bits per heavy atom. The lowest BCUT2D eigenvalue weighted by atomic mass is 10.0. The monoisotopic (exact) mass is 258 g/mol. The lowest BCUT2D eigenvalue weighted by molar-refractivity contribution is -0.139. The van der Waals surface area contributed by atoms with E-state index in [2.05, 4.69) is 6.92 Å². The molecule has 1 fully saturated rings. The van der Waals surface area contributed by atoms with Crippen LogP contribution in [0.3, 0.4) is 0 Å². The summed E-state index contributed by atoms with van der Waals surface area (Å²) in [4.78, 5) is 11.8. The minimum Gasteiger partial charge on any atom is -0.459 e. The Morgan fingerprint density at radius 3 is 2.74 bits per heavy atom. The molecule has 0 radical (unpaired) electrons. The Morgan fingerprint density at radius 2 is 2.00 bits per heavy atom. The van der Waals surface area contributed by atoms with Gasteiger partial charge in [0.2, 0.25) is 0 Å². The van der Waals surface area contributed by atoms with Gasteiger partial charge < -0.3 is 4.74 Å².